The molecular weight excluding hydrogens is 330 g/mol. The monoisotopic (exact) mass is 353 g/mol. The molecule has 0 amide bonds. The van der Waals surface area contributed by atoms with Crippen molar-refractivity contribution in [2.75, 3.05) is 12.8 Å². The predicted molar refractivity (Wildman–Crippen MR) is 102 cm³/mol. The van der Waals surface area contributed by atoms with E-state index in [9.17, 15) is 8.42 Å². The molecule has 1 aliphatic heterocycles. The van der Waals surface area contributed by atoms with Gasteiger partial charge in [-0.3, -0.25) is 0 Å². The summed E-state index contributed by atoms with van der Waals surface area (Å²) in [5.41, 5.74) is 3.73. The van der Waals surface area contributed by atoms with Crippen molar-refractivity contribution in [3.05, 3.63) is 77.9 Å². The Kier molecular flexibility index (Phi) is 4.26. The Labute approximate surface area is 150 Å². The maximum atomic E-state index is 12.3. The first-order chi connectivity index (χ1) is 12.1. The van der Waals surface area contributed by atoms with Gasteiger partial charge in [0.15, 0.2) is 0 Å². The summed E-state index contributed by atoms with van der Waals surface area (Å²) in [5, 5.41) is 0. The average molecular weight is 353 g/mol. The van der Waals surface area contributed by atoms with Crippen LogP contribution in [0.4, 0.5) is 0 Å². The van der Waals surface area contributed by atoms with Gasteiger partial charge >= 0.3 is 0 Å². The van der Waals surface area contributed by atoms with E-state index in [2.05, 4.69) is 54.6 Å². The molecule has 4 rings (SSSR count). The lowest BCUT2D eigenvalue weighted by Crippen LogP contribution is -2.46. The number of hydrogen-bond donors (Lipinski definition) is 0. The van der Waals surface area contributed by atoms with Gasteiger partial charge < -0.3 is 0 Å². The van der Waals surface area contributed by atoms with Crippen molar-refractivity contribution < 1.29 is 8.42 Å². The third-order valence-corrected chi connectivity index (χ3v) is 6.77. The number of benzene rings is 2. The summed E-state index contributed by atoms with van der Waals surface area (Å²) in [4.78, 5) is 0. The van der Waals surface area contributed by atoms with Gasteiger partial charge in [0.05, 0.1) is 6.26 Å². The van der Waals surface area contributed by atoms with Crippen LogP contribution in [0.3, 0.4) is 0 Å². The molecule has 1 fully saturated rings. The molecule has 25 heavy (non-hydrogen) atoms. The summed E-state index contributed by atoms with van der Waals surface area (Å²) < 4.78 is 26.3. The maximum Gasteiger partial charge on any atom is 0.211 e. The van der Waals surface area contributed by atoms with E-state index in [4.69, 9.17) is 0 Å². The highest BCUT2D eigenvalue weighted by molar-refractivity contribution is 7.88. The van der Waals surface area contributed by atoms with Crippen molar-refractivity contribution in [2.24, 2.45) is 5.92 Å². The maximum absolute atomic E-state index is 12.3. The number of hydrogen-bond acceptors (Lipinski definition) is 2. The summed E-state index contributed by atoms with van der Waals surface area (Å²) >= 11 is 0. The minimum Gasteiger partial charge on any atom is -0.212 e. The van der Waals surface area contributed by atoms with Gasteiger partial charge in [-0.05, 0) is 35.5 Å². The van der Waals surface area contributed by atoms with Gasteiger partial charge in [-0.25, -0.2) is 8.42 Å². The molecule has 2 aliphatic rings. The Bertz CT molecular complexity index is 875. The second kappa shape index (κ2) is 6.43. The van der Waals surface area contributed by atoms with Gasteiger partial charge in [0.2, 0.25) is 10.0 Å². The van der Waals surface area contributed by atoms with E-state index in [0.717, 1.165) is 12.8 Å². The molecule has 3 atom stereocenters. The van der Waals surface area contributed by atoms with E-state index in [-0.39, 0.29) is 12.0 Å². The van der Waals surface area contributed by atoms with Gasteiger partial charge in [0.25, 0.3) is 0 Å². The highest BCUT2D eigenvalue weighted by Gasteiger charge is 2.45. The molecule has 2 aromatic rings. The fourth-order valence-electron chi connectivity index (χ4n) is 4.49. The largest absolute Gasteiger partial charge is 0.212 e. The van der Waals surface area contributed by atoms with Gasteiger partial charge in [0.1, 0.15) is 0 Å². The quantitative estimate of drug-likeness (QED) is 0.839. The summed E-state index contributed by atoms with van der Waals surface area (Å²) in [6, 6.07) is 20.9. The number of allylic oxidation sites excluding steroid dienone is 1. The lowest BCUT2D eigenvalue weighted by atomic mass is 9.78. The van der Waals surface area contributed by atoms with Crippen molar-refractivity contribution in [2.45, 2.75) is 24.8 Å². The lowest BCUT2D eigenvalue weighted by Gasteiger charge is -2.38. The molecule has 2 aromatic carbocycles. The van der Waals surface area contributed by atoms with Crippen LogP contribution >= 0.6 is 0 Å². The molecule has 1 heterocycles. The SMILES string of the molecule is CS(=O)(=O)N1CCC[C@@H]2[C@@H](c3ccccc3)C(c3ccccc3)=C[C@@H]21. The van der Waals surface area contributed by atoms with Gasteiger partial charge in [-0.15, -0.1) is 0 Å². The van der Waals surface area contributed by atoms with Crippen LogP contribution in [0.25, 0.3) is 5.57 Å². The third-order valence-electron chi connectivity index (χ3n) is 5.49. The minimum atomic E-state index is -3.20. The van der Waals surface area contributed by atoms with Crippen molar-refractivity contribution in [3.63, 3.8) is 0 Å². The first-order valence-corrected chi connectivity index (χ1v) is 10.7. The zero-order valence-corrected chi connectivity index (χ0v) is 15.2. The van der Waals surface area contributed by atoms with Crippen LogP contribution < -0.4 is 0 Å². The Morgan fingerprint density at radius 3 is 2.24 bits per heavy atom. The molecule has 0 radical (unpaired) electrons. The highest BCUT2D eigenvalue weighted by atomic mass is 32.2. The molecule has 0 saturated carbocycles. The van der Waals surface area contributed by atoms with E-state index in [1.54, 1.807) is 4.31 Å². The van der Waals surface area contributed by atoms with Gasteiger partial charge in [-0.1, -0.05) is 66.7 Å². The summed E-state index contributed by atoms with van der Waals surface area (Å²) in [6.07, 6.45) is 5.52. The van der Waals surface area contributed by atoms with Crippen molar-refractivity contribution in [1.29, 1.82) is 0 Å². The van der Waals surface area contributed by atoms with Crippen LogP contribution in [0.15, 0.2) is 66.7 Å². The smallest absolute Gasteiger partial charge is 0.211 e. The minimum absolute atomic E-state index is 0.0378. The molecule has 3 nitrogen and oxygen atoms in total. The first-order valence-electron chi connectivity index (χ1n) is 8.84. The van der Waals surface area contributed by atoms with Crippen LogP contribution in [0.1, 0.15) is 29.9 Å². The molecule has 130 valence electrons. The first kappa shape index (κ1) is 16.6. The number of rotatable bonds is 3. The zero-order valence-electron chi connectivity index (χ0n) is 14.4. The van der Waals surface area contributed by atoms with E-state index < -0.39 is 10.0 Å². The molecule has 0 aromatic heterocycles. The molecule has 1 saturated heterocycles. The Hall–Kier alpha value is -1.91. The Morgan fingerprint density at radius 2 is 1.60 bits per heavy atom. The normalized spacial score (nSPS) is 26.9. The highest BCUT2D eigenvalue weighted by Crippen LogP contribution is 2.50. The molecule has 4 heteroatoms. The van der Waals surface area contributed by atoms with Crippen molar-refractivity contribution in [3.8, 4) is 0 Å². The van der Waals surface area contributed by atoms with Crippen LogP contribution in [-0.4, -0.2) is 31.6 Å². The van der Waals surface area contributed by atoms with Gasteiger partial charge in [0, 0.05) is 18.5 Å². The number of sulfonamides is 1. The number of nitrogens with zero attached hydrogens (tertiary/aromatic N) is 1. The lowest BCUT2D eigenvalue weighted by molar-refractivity contribution is 0.213. The molecule has 0 N–H and O–H groups in total. The second-order valence-electron chi connectivity index (χ2n) is 7.05. The van der Waals surface area contributed by atoms with Crippen molar-refractivity contribution >= 4 is 15.6 Å². The standard InChI is InChI=1S/C21H23NO2S/c1-25(23,24)22-14-8-13-18-20(22)15-19(16-9-4-2-5-10-16)21(18)17-11-6-3-7-12-17/h2-7,9-12,15,18,20-21H,8,13-14H2,1H3/t18-,20-,21+/m0/s1. The van der Waals surface area contributed by atoms with Crippen LogP contribution in [0, 0.1) is 5.92 Å². The number of fused-ring (bicyclic) bond motifs is 1. The molecule has 0 bridgehead atoms. The molecular formula is C21H23NO2S. The fraction of sp³-hybridized carbons (Fsp3) is 0.333. The van der Waals surface area contributed by atoms with E-state index in [1.165, 1.54) is 23.0 Å². The van der Waals surface area contributed by atoms with Crippen LogP contribution in [-0.2, 0) is 10.0 Å². The molecule has 1 aliphatic carbocycles. The summed E-state index contributed by atoms with van der Waals surface area (Å²) in [6.45, 7) is 0.625. The predicted octanol–water partition coefficient (Wildman–Crippen LogP) is 3.91. The second-order valence-corrected chi connectivity index (χ2v) is 8.98. The van der Waals surface area contributed by atoms with Crippen LogP contribution in [0.5, 0.6) is 0 Å². The number of piperidine rings is 1. The fourth-order valence-corrected chi connectivity index (χ4v) is 5.61. The average Bonchev–Trinajstić information content (AvgIpc) is 3.01. The van der Waals surface area contributed by atoms with E-state index in [0.29, 0.717) is 12.5 Å². The summed E-state index contributed by atoms with van der Waals surface area (Å²) in [5.74, 6) is 0.555. The molecule has 0 unspecified atom stereocenters. The van der Waals surface area contributed by atoms with Gasteiger partial charge in [-0.2, -0.15) is 4.31 Å². The van der Waals surface area contributed by atoms with E-state index >= 15 is 0 Å². The molecule has 0 spiro atoms. The Morgan fingerprint density at radius 1 is 0.960 bits per heavy atom. The Balaban J connectivity index is 1.83. The summed E-state index contributed by atoms with van der Waals surface area (Å²) in [7, 11) is -3.20. The zero-order chi connectivity index (χ0) is 17.4. The van der Waals surface area contributed by atoms with Crippen LogP contribution in [0.2, 0.25) is 0 Å². The van der Waals surface area contributed by atoms with E-state index in [1.807, 2.05) is 12.1 Å². The topological polar surface area (TPSA) is 37.4 Å². The third kappa shape index (κ3) is 3.05. The van der Waals surface area contributed by atoms with Crippen molar-refractivity contribution in [1.82, 2.24) is 4.31 Å².